The molecular weight excluding hydrogens is 358 g/mol. The van der Waals surface area contributed by atoms with Crippen LogP contribution in [0.2, 0.25) is 0 Å². The van der Waals surface area contributed by atoms with Gasteiger partial charge in [0, 0.05) is 24.3 Å². The number of carbonyl (C=O) groups is 1. The van der Waals surface area contributed by atoms with Gasteiger partial charge in [-0.3, -0.25) is 4.79 Å². The molecule has 0 aliphatic carbocycles. The van der Waals surface area contributed by atoms with E-state index in [0.717, 1.165) is 22.4 Å². The molecule has 28 heavy (non-hydrogen) atoms. The van der Waals surface area contributed by atoms with Gasteiger partial charge in [-0.2, -0.15) is 0 Å². The van der Waals surface area contributed by atoms with Crippen LogP contribution in [0, 0.1) is 6.92 Å². The smallest absolute Gasteiger partial charge is 0.244 e. The quantitative estimate of drug-likeness (QED) is 0.670. The summed E-state index contributed by atoms with van der Waals surface area (Å²) < 4.78 is 21.3. The fraction of sp³-hybridized carbons (Fsp3) is 0.318. The van der Waals surface area contributed by atoms with Gasteiger partial charge in [0.1, 0.15) is 11.5 Å². The second kappa shape index (κ2) is 10.3. The molecule has 0 aromatic heterocycles. The van der Waals surface area contributed by atoms with Gasteiger partial charge in [-0.05, 0) is 37.1 Å². The molecule has 2 aromatic carbocycles. The third kappa shape index (κ3) is 5.42. The van der Waals surface area contributed by atoms with Gasteiger partial charge in [-0.25, -0.2) is 0 Å². The lowest BCUT2D eigenvalue weighted by atomic mass is 10.1. The summed E-state index contributed by atoms with van der Waals surface area (Å²) >= 11 is 0. The highest BCUT2D eigenvalue weighted by atomic mass is 16.5. The van der Waals surface area contributed by atoms with Crippen molar-refractivity contribution in [2.24, 2.45) is 0 Å². The number of carbonyl (C=O) groups excluding carboxylic acids is 1. The van der Waals surface area contributed by atoms with E-state index in [1.165, 1.54) is 6.08 Å². The summed E-state index contributed by atoms with van der Waals surface area (Å²) in [6.45, 7) is 2.53. The first kappa shape index (κ1) is 21.2. The highest BCUT2D eigenvalue weighted by Crippen LogP contribution is 2.35. The average Bonchev–Trinajstić information content (AvgIpc) is 2.71. The fourth-order valence-corrected chi connectivity index (χ4v) is 2.83. The normalized spacial score (nSPS) is 10.6. The third-order valence-corrected chi connectivity index (χ3v) is 4.28. The van der Waals surface area contributed by atoms with Gasteiger partial charge >= 0.3 is 0 Å². The molecule has 0 bridgehead atoms. The molecule has 1 N–H and O–H groups in total. The van der Waals surface area contributed by atoms with Crippen molar-refractivity contribution >= 4 is 12.0 Å². The Morgan fingerprint density at radius 3 is 2.18 bits per heavy atom. The minimum Gasteiger partial charge on any atom is -0.496 e. The van der Waals surface area contributed by atoms with Gasteiger partial charge in [0.2, 0.25) is 5.91 Å². The SMILES string of the molecule is COc1cc(OC)c(OC)cc1/C=C/C(=O)NCCc1cc(C)ccc1OC. The van der Waals surface area contributed by atoms with E-state index in [4.69, 9.17) is 18.9 Å². The standard InChI is InChI=1S/C22H27NO5/c1-15-6-8-18(25-2)17(12-15)10-11-23-22(24)9-7-16-13-20(27-4)21(28-5)14-19(16)26-3/h6-9,12-14H,10-11H2,1-5H3,(H,23,24)/b9-7+. The lowest BCUT2D eigenvalue weighted by Gasteiger charge is -2.12. The summed E-state index contributed by atoms with van der Waals surface area (Å²) in [6, 6.07) is 9.49. The van der Waals surface area contributed by atoms with Crippen LogP contribution in [0.25, 0.3) is 6.08 Å². The zero-order valence-electron chi connectivity index (χ0n) is 17.0. The Labute approximate surface area is 166 Å². The van der Waals surface area contributed by atoms with E-state index in [9.17, 15) is 4.79 Å². The maximum absolute atomic E-state index is 12.2. The lowest BCUT2D eigenvalue weighted by molar-refractivity contribution is -0.116. The highest BCUT2D eigenvalue weighted by Gasteiger charge is 2.10. The van der Waals surface area contributed by atoms with Crippen LogP contribution in [0.5, 0.6) is 23.0 Å². The van der Waals surface area contributed by atoms with Gasteiger partial charge in [0.15, 0.2) is 11.5 Å². The Bertz CT molecular complexity index is 845. The molecule has 0 saturated carbocycles. The third-order valence-electron chi connectivity index (χ3n) is 4.28. The summed E-state index contributed by atoms with van der Waals surface area (Å²) in [5.74, 6) is 2.35. The predicted octanol–water partition coefficient (Wildman–Crippen LogP) is 3.40. The number of nitrogens with one attached hydrogen (secondary N) is 1. The predicted molar refractivity (Wildman–Crippen MR) is 110 cm³/mol. The largest absolute Gasteiger partial charge is 0.496 e. The van der Waals surface area contributed by atoms with Crippen molar-refractivity contribution in [2.75, 3.05) is 35.0 Å². The van der Waals surface area contributed by atoms with Crippen LogP contribution in [0.1, 0.15) is 16.7 Å². The number of hydrogen-bond acceptors (Lipinski definition) is 5. The molecule has 0 saturated heterocycles. The number of aryl methyl sites for hydroxylation is 1. The van der Waals surface area contributed by atoms with E-state index in [-0.39, 0.29) is 5.91 Å². The van der Waals surface area contributed by atoms with Crippen molar-refractivity contribution in [2.45, 2.75) is 13.3 Å². The highest BCUT2D eigenvalue weighted by molar-refractivity contribution is 5.92. The van der Waals surface area contributed by atoms with Gasteiger partial charge in [0.05, 0.1) is 28.4 Å². The van der Waals surface area contributed by atoms with Crippen LogP contribution < -0.4 is 24.3 Å². The maximum Gasteiger partial charge on any atom is 0.244 e. The molecule has 0 aliphatic heterocycles. The maximum atomic E-state index is 12.2. The molecular formula is C22H27NO5. The number of ether oxygens (including phenoxy) is 4. The van der Waals surface area contributed by atoms with E-state index >= 15 is 0 Å². The minimum atomic E-state index is -0.191. The molecule has 1 amide bonds. The zero-order valence-corrected chi connectivity index (χ0v) is 17.0. The van der Waals surface area contributed by atoms with E-state index in [0.29, 0.717) is 30.2 Å². The Balaban J connectivity index is 2.01. The van der Waals surface area contributed by atoms with E-state index in [2.05, 4.69) is 11.4 Å². The van der Waals surface area contributed by atoms with Crippen LogP contribution >= 0.6 is 0 Å². The van der Waals surface area contributed by atoms with Crippen LogP contribution in [0.15, 0.2) is 36.4 Å². The molecule has 6 nitrogen and oxygen atoms in total. The Hall–Kier alpha value is -3.15. The van der Waals surface area contributed by atoms with Crippen molar-refractivity contribution in [1.29, 1.82) is 0 Å². The molecule has 2 aromatic rings. The van der Waals surface area contributed by atoms with E-state index < -0.39 is 0 Å². The van der Waals surface area contributed by atoms with Crippen LogP contribution in [-0.4, -0.2) is 40.9 Å². The van der Waals surface area contributed by atoms with Crippen molar-refractivity contribution in [3.8, 4) is 23.0 Å². The summed E-state index contributed by atoms with van der Waals surface area (Å²) in [4.78, 5) is 12.2. The second-order valence-corrected chi connectivity index (χ2v) is 6.14. The molecule has 0 spiro atoms. The van der Waals surface area contributed by atoms with E-state index in [1.807, 2.05) is 19.1 Å². The molecule has 2 rings (SSSR count). The molecule has 0 atom stereocenters. The molecule has 0 fully saturated rings. The minimum absolute atomic E-state index is 0.191. The monoisotopic (exact) mass is 385 g/mol. The Kier molecular flexibility index (Phi) is 7.75. The number of rotatable bonds is 9. The van der Waals surface area contributed by atoms with Gasteiger partial charge < -0.3 is 24.3 Å². The zero-order chi connectivity index (χ0) is 20.5. The topological polar surface area (TPSA) is 66.0 Å². The molecule has 0 heterocycles. The van der Waals surface area contributed by atoms with Crippen LogP contribution in [0.4, 0.5) is 0 Å². The summed E-state index contributed by atoms with van der Waals surface area (Å²) in [6.07, 6.45) is 3.84. The Morgan fingerprint density at radius 2 is 1.54 bits per heavy atom. The lowest BCUT2D eigenvalue weighted by Crippen LogP contribution is -2.23. The molecule has 0 aliphatic rings. The van der Waals surface area contributed by atoms with Gasteiger partial charge in [0.25, 0.3) is 0 Å². The number of benzene rings is 2. The first-order chi connectivity index (χ1) is 13.5. The number of amides is 1. The van der Waals surface area contributed by atoms with E-state index in [1.54, 1.807) is 46.6 Å². The average molecular weight is 385 g/mol. The first-order valence-corrected chi connectivity index (χ1v) is 8.91. The summed E-state index contributed by atoms with van der Waals surface area (Å²) in [5, 5.41) is 2.88. The van der Waals surface area contributed by atoms with Crippen molar-refractivity contribution in [3.63, 3.8) is 0 Å². The van der Waals surface area contributed by atoms with Crippen molar-refractivity contribution in [1.82, 2.24) is 5.32 Å². The molecule has 0 radical (unpaired) electrons. The second-order valence-electron chi connectivity index (χ2n) is 6.14. The van der Waals surface area contributed by atoms with Crippen LogP contribution in [-0.2, 0) is 11.2 Å². The fourth-order valence-electron chi connectivity index (χ4n) is 2.83. The van der Waals surface area contributed by atoms with Crippen molar-refractivity contribution < 1.29 is 23.7 Å². The van der Waals surface area contributed by atoms with Gasteiger partial charge in [-0.1, -0.05) is 17.7 Å². The molecule has 6 heteroatoms. The summed E-state index contributed by atoms with van der Waals surface area (Å²) in [5.41, 5.74) is 2.94. The first-order valence-electron chi connectivity index (χ1n) is 8.91. The molecule has 0 unspecified atom stereocenters. The summed E-state index contributed by atoms with van der Waals surface area (Å²) in [7, 11) is 6.33. The molecule has 150 valence electrons. The van der Waals surface area contributed by atoms with Crippen molar-refractivity contribution in [3.05, 3.63) is 53.1 Å². The number of hydrogen-bond donors (Lipinski definition) is 1. The number of methoxy groups -OCH3 is 4. The van der Waals surface area contributed by atoms with Gasteiger partial charge in [-0.15, -0.1) is 0 Å². The van der Waals surface area contributed by atoms with Crippen LogP contribution in [0.3, 0.4) is 0 Å². The Morgan fingerprint density at radius 1 is 0.893 bits per heavy atom.